The van der Waals surface area contributed by atoms with E-state index < -0.39 is 0 Å². The summed E-state index contributed by atoms with van der Waals surface area (Å²) in [6, 6.07) is 2.10. The van der Waals surface area contributed by atoms with Crippen molar-refractivity contribution in [3.63, 3.8) is 0 Å². The van der Waals surface area contributed by atoms with Crippen molar-refractivity contribution >= 4 is 15.9 Å². The van der Waals surface area contributed by atoms with Crippen molar-refractivity contribution in [3.05, 3.63) is 18.0 Å². The van der Waals surface area contributed by atoms with Crippen LogP contribution in [0.1, 0.15) is 12.1 Å². The van der Waals surface area contributed by atoms with Gasteiger partial charge in [-0.3, -0.25) is 4.68 Å². The average molecular weight is 258 g/mol. The maximum absolute atomic E-state index is 4.17. The molecule has 78 valence electrons. The van der Waals surface area contributed by atoms with Crippen molar-refractivity contribution in [1.82, 2.24) is 14.7 Å². The number of aromatic nitrogens is 2. The van der Waals surface area contributed by atoms with E-state index in [1.54, 1.807) is 0 Å². The van der Waals surface area contributed by atoms with Gasteiger partial charge in [-0.15, -0.1) is 0 Å². The minimum atomic E-state index is 0.703. The fraction of sp³-hybridized carbons (Fsp3) is 0.700. The molecule has 1 aromatic rings. The molecule has 2 heterocycles. The van der Waals surface area contributed by atoms with Gasteiger partial charge in [-0.2, -0.15) is 5.10 Å². The van der Waals surface area contributed by atoms with E-state index in [0.717, 1.165) is 13.0 Å². The first-order valence-corrected chi connectivity index (χ1v) is 6.00. The van der Waals surface area contributed by atoms with Crippen molar-refractivity contribution in [1.29, 1.82) is 0 Å². The summed E-state index contributed by atoms with van der Waals surface area (Å²) in [5.74, 6) is 0. The number of alkyl halides is 1. The molecule has 1 unspecified atom stereocenters. The summed E-state index contributed by atoms with van der Waals surface area (Å²) in [7, 11) is 2.01. The maximum Gasteiger partial charge on any atom is 0.0492 e. The van der Waals surface area contributed by atoms with E-state index in [-0.39, 0.29) is 0 Å². The van der Waals surface area contributed by atoms with E-state index in [1.807, 2.05) is 17.9 Å². The van der Waals surface area contributed by atoms with Crippen LogP contribution in [-0.4, -0.2) is 39.1 Å². The predicted molar refractivity (Wildman–Crippen MR) is 60.7 cm³/mol. The second-order valence-electron chi connectivity index (χ2n) is 3.88. The van der Waals surface area contributed by atoms with Crippen LogP contribution >= 0.6 is 15.9 Å². The van der Waals surface area contributed by atoms with E-state index >= 15 is 0 Å². The predicted octanol–water partition coefficient (Wildman–Crippen LogP) is 1.43. The highest BCUT2D eigenvalue weighted by Crippen LogP contribution is 2.16. The molecule has 1 saturated heterocycles. The molecule has 0 aliphatic carbocycles. The second-order valence-corrected chi connectivity index (χ2v) is 5.18. The summed E-state index contributed by atoms with van der Waals surface area (Å²) in [4.78, 5) is 3.21. The Morgan fingerprint density at radius 1 is 1.64 bits per heavy atom. The van der Waals surface area contributed by atoms with E-state index in [2.05, 4.69) is 32.0 Å². The highest BCUT2D eigenvalue weighted by Gasteiger charge is 2.19. The third kappa shape index (κ3) is 2.36. The minimum absolute atomic E-state index is 0.703. The lowest BCUT2D eigenvalue weighted by Gasteiger charge is -2.14. The lowest BCUT2D eigenvalue weighted by Crippen LogP contribution is -2.24. The molecule has 4 heteroatoms. The van der Waals surface area contributed by atoms with Gasteiger partial charge < -0.3 is 4.90 Å². The Morgan fingerprint density at radius 3 is 3.07 bits per heavy atom. The van der Waals surface area contributed by atoms with Gasteiger partial charge >= 0.3 is 0 Å². The largest absolute Gasteiger partial charge is 0.302 e. The Hall–Kier alpha value is -0.350. The van der Waals surface area contributed by atoms with Crippen LogP contribution in [-0.2, 0) is 13.5 Å². The molecule has 2 rings (SSSR count). The lowest BCUT2D eigenvalue weighted by atomic mass is 10.3. The van der Waals surface area contributed by atoms with Crippen LogP contribution in [0, 0.1) is 0 Å². The van der Waals surface area contributed by atoms with Crippen LogP contribution in [0.3, 0.4) is 0 Å². The molecule has 0 radical (unpaired) electrons. The molecule has 1 aliphatic heterocycles. The molecule has 0 bridgehead atoms. The zero-order valence-electron chi connectivity index (χ0n) is 8.49. The lowest BCUT2D eigenvalue weighted by molar-refractivity contribution is 0.341. The fourth-order valence-corrected chi connectivity index (χ4v) is 2.52. The number of likely N-dealkylation sites (tertiary alicyclic amines) is 1. The van der Waals surface area contributed by atoms with Crippen LogP contribution in [0.5, 0.6) is 0 Å². The number of aryl methyl sites for hydroxylation is 1. The molecule has 1 fully saturated rings. The third-order valence-corrected chi connectivity index (χ3v) is 3.57. The first-order chi connectivity index (χ1) is 6.75. The summed E-state index contributed by atoms with van der Waals surface area (Å²) in [5, 5.41) is 4.17. The Balaban J connectivity index is 1.80. The smallest absolute Gasteiger partial charge is 0.0492 e. The summed E-state index contributed by atoms with van der Waals surface area (Å²) in [5.41, 5.74) is 1.32. The molecular weight excluding hydrogens is 242 g/mol. The summed E-state index contributed by atoms with van der Waals surface area (Å²) in [6.07, 6.45) is 4.26. The van der Waals surface area contributed by atoms with Gasteiger partial charge in [-0.25, -0.2) is 0 Å². The number of nitrogens with zero attached hydrogens (tertiary/aromatic N) is 3. The van der Waals surface area contributed by atoms with Crippen LogP contribution in [0.4, 0.5) is 0 Å². The Morgan fingerprint density at radius 2 is 2.50 bits per heavy atom. The molecule has 0 aromatic carbocycles. The SMILES string of the molecule is Cn1nccc1CCN1CCC(Br)C1. The molecular formula is C10H16BrN3. The Bertz CT molecular complexity index is 297. The van der Waals surface area contributed by atoms with Crippen molar-refractivity contribution in [2.75, 3.05) is 19.6 Å². The molecule has 1 aliphatic rings. The van der Waals surface area contributed by atoms with Crippen molar-refractivity contribution in [3.8, 4) is 0 Å². The number of hydrogen-bond acceptors (Lipinski definition) is 2. The van der Waals surface area contributed by atoms with E-state index in [4.69, 9.17) is 0 Å². The monoisotopic (exact) mass is 257 g/mol. The van der Waals surface area contributed by atoms with E-state index in [0.29, 0.717) is 4.83 Å². The molecule has 0 N–H and O–H groups in total. The summed E-state index contributed by atoms with van der Waals surface area (Å²) >= 11 is 3.65. The van der Waals surface area contributed by atoms with Gasteiger partial charge in [0, 0.05) is 43.3 Å². The standard InChI is InChI=1S/C10H16BrN3/c1-13-10(2-5-12-13)4-7-14-6-3-9(11)8-14/h2,5,9H,3-4,6-8H2,1H3. The minimum Gasteiger partial charge on any atom is -0.302 e. The van der Waals surface area contributed by atoms with Gasteiger partial charge in [-0.1, -0.05) is 15.9 Å². The highest BCUT2D eigenvalue weighted by molar-refractivity contribution is 9.09. The van der Waals surface area contributed by atoms with Crippen molar-refractivity contribution in [2.24, 2.45) is 7.05 Å². The summed E-state index contributed by atoms with van der Waals surface area (Å²) < 4.78 is 1.96. The molecule has 1 atom stereocenters. The Kier molecular flexibility index (Phi) is 3.23. The third-order valence-electron chi connectivity index (χ3n) is 2.82. The van der Waals surface area contributed by atoms with E-state index in [1.165, 1.54) is 25.2 Å². The number of rotatable bonds is 3. The molecule has 0 spiro atoms. The van der Waals surface area contributed by atoms with E-state index in [9.17, 15) is 0 Å². The molecule has 3 nitrogen and oxygen atoms in total. The summed E-state index contributed by atoms with van der Waals surface area (Å²) in [6.45, 7) is 3.58. The molecule has 14 heavy (non-hydrogen) atoms. The van der Waals surface area contributed by atoms with Gasteiger partial charge in [0.15, 0.2) is 0 Å². The maximum atomic E-state index is 4.17. The normalized spacial score (nSPS) is 23.1. The number of halogens is 1. The highest BCUT2D eigenvalue weighted by atomic mass is 79.9. The molecule has 1 aromatic heterocycles. The van der Waals surface area contributed by atoms with Crippen LogP contribution in [0.15, 0.2) is 12.3 Å². The van der Waals surface area contributed by atoms with Crippen molar-refractivity contribution < 1.29 is 0 Å². The average Bonchev–Trinajstić information content (AvgIpc) is 2.72. The molecule has 0 saturated carbocycles. The quantitative estimate of drug-likeness (QED) is 0.765. The van der Waals surface area contributed by atoms with Crippen LogP contribution < -0.4 is 0 Å². The topological polar surface area (TPSA) is 21.1 Å². The van der Waals surface area contributed by atoms with Gasteiger partial charge in [0.05, 0.1) is 0 Å². The van der Waals surface area contributed by atoms with Gasteiger partial charge in [0.2, 0.25) is 0 Å². The van der Waals surface area contributed by atoms with Gasteiger partial charge in [0.1, 0.15) is 0 Å². The zero-order chi connectivity index (χ0) is 9.97. The van der Waals surface area contributed by atoms with Crippen molar-refractivity contribution in [2.45, 2.75) is 17.7 Å². The zero-order valence-corrected chi connectivity index (χ0v) is 10.1. The fourth-order valence-electron chi connectivity index (χ4n) is 1.91. The van der Waals surface area contributed by atoms with Gasteiger partial charge in [-0.05, 0) is 19.0 Å². The number of hydrogen-bond donors (Lipinski definition) is 0. The van der Waals surface area contributed by atoms with Gasteiger partial charge in [0.25, 0.3) is 0 Å². The van der Waals surface area contributed by atoms with Crippen LogP contribution in [0.25, 0.3) is 0 Å². The first kappa shape index (κ1) is 10.2. The van der Waals surface area contributed by atoms with Crippen LogP contribution in [0.2, 0.25) is 0 Å². The molecule has 0 amide bonds. The second kappa shape index (κ2) is 4.45. The first-order valence-electron chi connectivity index (χ1n) is 5.09. The Labute approximate surface area is 93.2 Å².